The second-order valence-electron chi connectivity index (χ2n) is 4.04. The summed E-state index contributed by atoms with van der Waals surface area (Å²) in [5, 5.41) is 11.5. The van der Waals surface area contributed by atoms with Crippen LogP contribution < -0.4 is 0 Å². The maximum absolute atomic E-state index is 10.6. The Balaban J connectivity index is 2.56. The molecule has 0 amide bonds. The Labute approximate surface area is 111 Å². The van der Waals surface area contributed by atoms with Crippen LogP contribution in [0.4, 0.5) is 0 Å². The third-order valence-electron chi connectivity index (χ3n) is 2.81. The molecular weight excluding hydrogens is 255 g/mol. The van der Waals surface area contributed by atoms with Crippen LogP contribution in [0.25, 0.3) is 0 Å². The van der Waals surface area contributed by atoms with Gasteiger partial charge in [-0.3, -0.25) is 0 Å². The molecule has 0 spiro atoms. The number of benzene rings is 2. The van der Waals surface area contributed by atoms with Crippen molar-refractivity contribution >= 4 is 23.2 Å². The van der Waals surface area contributed by atoms with Gasteiger partial charge in [0, 0.05) is 5.56 Å². The lowest BCUT2D eigenvalue weighted by Crippen LogP contribution is -2.23. The smallest absolute Gasteiger partial charge is 0.113 e. The van der Waals surface area contributed by atoms with Gasteiger partial charge in [-0.15, -0.1) is 0 Å². The Morgan fingerprint density at radius 2 is 1.59 bits per heavy atom. The van der Waals surface area contributed by atoms with Crippen LogP contribution in [0.15, 0.2) is 48.5 Å². The molecule has 1 nitrogen and oxygen atoms in total. The number of rotatable bonds is 2. The van der Waals surface area contributed by atoms with Gasteiger partial charge in [0.1, 0.15) is 5.60 Å². The molecular formula is C14H12Cl2O. The van der Waals surface area contributed by atoms with Crippen molar-refractivity contribution in [3.63, 3.8) is 0 Å². The highest BCUT2D eigenvalue weighted by Gasteiger charge is 2.28. The summed E-state index contributed by atoms with van der Waals surface area (Å²) in [6, 6.07) is 14.6. The van der Waals surface area contributed by atoms with Gasteiger partial charge in [0.05, 0.1) is 10.0 Å². The first-order valence-electron chi connectivity index (χ1n) is 5.26. The predicted molar refractivity (Wildman–Crippen MR) is 71.6 cm³/mol. The topological polar surface area (TPSA) is 20.2 Å². The summed E-state index contributed by atoms with van der Waals surface area (Å²) in [5.74, 6) is 0. The minimum Gasteiger partial charge on any atom is -0.381 e. The fourth-order valence-electron chi connectivity index (χ4n) is 1.80. The zero-order valence-electron chi connectivity index (χ0n) is 9.32. The van der Waals surface area contributed by atoms with Gasteiger partial charge >= 0.3 is 0 Å². The van der Waals surface area contributed by atoms with E-state index < -0.39 is 5.60 Å². The molecule has 0 heterocycles. The standard InChI is InChI=1S/C14H12Cl2O/c1-14(17,10-6-3-2-4-7-10)11-8-5-9-12(15)13(11)16/h2-9,17H,1H3/t14-/m0/s1. The van der Waals surface area contributed by atoms with E-state index in [-0.39, 0.29) is 0 Å². The van der Waals surface area contributed by atoms with Crippen LogP contribution in [-0.2, 0) is 5.60 Å². The van der Waals surface area contributed by atoms with E-state index in [1.54, 1.807) is 25.1 Å². The molecule has 0 unspecified atom stereocenters. The summed E-state index contributed by atoms with van der Waals surface area (Å²) >= 11 is 12.1. The Bertz CT molecular complexity index is 521. The third kappa shape index (κ3) is 2.32. The minimum absolute atomic E-state index is 0.392. The van der Waals surface area contributed by atoms with Gasteiger partial charge < -0.3 is 5.11 Å². The zero-order valence-corrected chi connectivity index (χ0v) is 10.8. The molecule has 1 atom stereocenters. The fourth-order valence-corrected chi connectivity index (χ4v) is 2.28. The molecule has 0 aromatic heterocycles. The Morgan fingerprint density at radius 3 is 2.24 bits per heavy atom. The quantitative estimate of drug-likeness (QED) is 0.862. The van der Waals surface area contributed by atoms with Crippen LogP contribution in [-0.4, -0.2) is 5.11 Å². The molecule has 1 N–H and O–H groups in total. The van der Waals surface area contributed by atoms with Crippen LogP contribution >= 0.6 is 23.2 Å². The van der Waals surface area contributed by atoms with E-state index in [0.29, 0.717) is 15.6 Å². The Morgan fingerprint density at radius 1 is 0.941 bits per heavy atom. The molecule has 0 fully saturated rings. The maximum atomic E-state index is 10.6. The molecule has 0 aliphatic heterocycles. The molecule has 0 aliphatic carbocycles. The summed E-state index contributed by atoms with van der Waals surface area (Å²) < 4.78 is 0. The van der Waals surface area contributed by atoms with Crippen LogP contribution in [0, 0.1) is 0 Å². The Hall–Kier alpha value is -1.02. The SMILES string of the molecule is C[C@](O)(c1ccccc1)c1cccc(Cl)c1Cl. The lowest BCUT2D eigenvalue weighted by atomic mass is 9.88. The number of hydrogen-bond donors (Lipinski definition) is 1. The molecule has 0 saturated heterocycles. The lowest BCUT2D eigenvalue weighted by molar-refractivity contribution is 0.102. The van der Waals surface area contributed by atoms with Crippen molar-refractivity contribution in [3.05, 3.63) is 69.7 Å². The average molecular weight is 267 g/mol. The predicted octanol–water partition coefficient (Wildman–Crippen LogP) is 4.25. The van der Waals surface area contributed by atoms with Crippen LogP contribution in [0.2, 0.25) is 10.0 Å². The number of hydrogen-bond acceptors (Lipinski definition) is 1. The van der Waals surface area contributed by atoms with E-state index in [2.05, 4.69) is 0 Å². The van der Waals surface area contributed by atoms with Crippen molar-refractivity contribution in [2.75, 3.05) is 0 Å². The summed E-state index contributed by atoms with van der Waals surface area (Å²) in [5.41, 5.74) is 0.241. The molecule has 3 heteroatoms. The number of aliphatic hydroxyl groups is 1. The molecule has 2 aromatic carbocycles. The zero-order chi connectivity index (χ0) is 12.5. The summed E-state index contributed by atoms with van der Waals surface area (Å²) in [6.07, 6.45) is 0. The van der Waals surface area contributed by atoms with Gasteiger partial charge in [-0.25, -0.2) is 0 Å². The summed E-state index contributed by atoms with van der Waals surface area (Å²) in [4.78, 5) is 0. The first-order valence-corrected chi connectivity index (χ1v) is 6.01. The molecule has 17 heavy (non-hydrogen) atoms. The molecule has 88 valence electrons. The monoisotopic (exact) mass is 266 g/mol. The van der Waals surface area contributed by atoms with E-state index in [4.69, 9.17) is 23.2 Å². The largest absolute Gasteiger partial charge is 0.381 e. The van der Waals surface area contributed by atoms with E-state index in [0.717, 1.165) is 5.56 Å². The van der Waals surface area contributed by atoms with Gasteiger partial charge in [-0.1, -0.05) is 65.7 Å². The molecule has 2 rings (SSSR count). The highest BCUT2D eigenvalue weighted by molar-refractivity contribution is 6.42. The van der Waals surface area contributed by atoms with Gasteiger partial charge in [0.2, 0.25) is 0 Å². The highest BCUT2D eigenvalue weighted by Crippen LogP contribution is 2.36. The van der Waals surface area contributed by atoms with E-state index >= 15 is 0 Å². The fraction of sp³-hybridized carbons (Fsp3) is 0.143. The van der Waals surface area contributed by atoms with Gasteiger partial charge in [0.15, 0.2) is 0 Å². The van der Waals surface area contributed by atoms with E-state index in [9.17, 15) is 5.11 Å². The minimum atomic E-state index is -1.15. The van der Waals surface area contributed by atoms with Crippen molar-refractivity contribution in [3.8, 4) is 0 Å². The maximum Gasteiger partial charge on any atom is 0.113 e. The van der Waals surface area contributed by atoms with Crippen LogP contribution in [0.3, 0.4) is 0 Å². The molecule has 0 bridgehead atoms. The van der Waals surface area contributed by atoms with Crippen molar-refractivity contribution in [2.45, 2.75) is 12.5 Å². The molecule has 0 aliphatic rings. The van der Waals surface area contributed by atoms with Gasteiger partial charge in [0.25, 0.3) is 0 Å². The van der Waals surface area contributed by atoms with Crippen LogP contribution in [0.1, 0.15) is 18.1 Å². The van der Waals surface area contributed by atoms with E-state index in [1.165, 1.54) is 0 Å². The Kier molecular flexibility index (Phi) is 3.43. The number of halogens is 2. The van der Waals surface area contributed by atoms with Crippen LogP contribution in [0.5, 0.6) is 0 Å². The summed E-state index contributed by atoms with van der Waals surface area (Å²) in [6.45, 7) is 1.71. The van der Waals surface area contributed by atoms with Gasteiger partial charge in [-0.2, -0.15) is 0 Å². The van der Waals surface area contributed by atoms with E-state index in [1.807, 2.05) is 30.3 Å². The van der Waals surface area contributed by atoms with Crippen molar-refractivity contribution in [1.82, 2.24) is 0 Å². The third-order valence-corrected chi connectivity index (χ3v) is 3.63. The van der Waals surface area contributed by atoms with Crippen molar-refractivity contribution < 1.29 is 5.11 Å². The summed E-state index contributed by atoms with van der Waals surface area (Å²) in [7, 11) is 0. The normalized spacial score (nSPS) is 14.4. The van der Waals surface area contributed by atoms with Crippen molar-refractivity contribution in [1.29, 1.82) is 0 Å². The second-order valence-corrected chi connectivity index (χ2v) is 4.82. The molecule has 2 aromatic rings. The molecule has 0 radical (unpaired) electrons. The van der Waals surface area contributed by atoms with Gasteiger partial charge in [-0.05, 0) is 18.6 Å². The highest BCUT2D eigenvalue weighted by atomic mass is 35.5. The second kappa shape index (κ2) is 4.69. The molecule has 0 saturated carbocycles. The first kappa shape index (κ1) is 12.4. The van der Waals surface area contributed by atoms with Crippen molar-refractivity contribution in [2.24, 2.45) is 0 Å². The first-order chi connectivity index (χ1) is 8.03. The average Bonchev–Trinajstić information content (AvgIpc) is 2.33. The lowest BCUT2D eigenvalue weighted by Gasteiger charge is -2.25.